The molecular formula is C15H20BrN3. The van der Waals surface area contributed by atoms with Gasteiger partial charge in [0, 0.05) is 17.6 Å². The third-order valence-corrected chi connectivity index (χ3v) is 4.41. The molecule has 1 aromatic carbocycles. The van der Waals surface area contributed by atoms with Gasteiger partial charge >= 0.3 is 0 Å². The molecule has 0 spiro atoms. The lowest BCUT2D eigenvalue weighted by Gasteiger charge is -2.30. The van der Waals surface area contributed by atoms with Crippen LogP contribution in [0.1, 0.15) is 25.3 Å². The highest BCUT2D eigenvalue weighted by Gasteiger charge is 2.15. The van der Waals surface area contributed by atoms with Crippen LogP contribution in [0.2, 0.25) is 0 Å². The summed E-state index contributed by atoms with van der Waals surface area (Å²) in [6.45, 7) is 6.67. The van der Waals surface area contributed by atoms with E-state index in [-0.39, 0.29) is 0 Å². The van der Waals surface area contributed by atoms with Gasteiger partial charge in [-0.15, -0.1) is 0 Å². The van der Waals surface area contributed by atoms with E-state index < -0.39 is 0 Å². The van der Waals surface area contributed by atoms with Crippen molar-refractivity contribution < 1.29 is 0 Å². The van der Waals surface area contributed by atoms with Gasteiger partial charge in [-0.05, 0) is 59.9 Å². The van der Waals surface area contributed by atoms with Gasteiger partial charge in [0.25, 0.3) is 0 Å². The number of halogens is 1. The number of nitrogens with one attached hydrogen (secondary N) is 1. The van der Waals surface area contributed by atoms with Crippen LogP contribution < -0.4 is 5.32 Å². The summed E-state index contributed by atoms with van der Waals surface area (Å²) in [5.41, 5.74) is 1.61. The van der Waals surface area contributed by atoms with Crippen molar-refractivity contribution in [2.75, 3.05) is 31.5 Å². The fourth-order valence-electron chi connectivity index (χ4n) is 2.42. The minimum absolute atomic E-state index is 0.690. The highest BCUT2D eigenvalue weighted by atomic mass is 79.9. The number of nitriles is 1. The van der Waals surface area contributed by atoms with E-state index in [1.165, 1.54) is 25.9 Å². The summed E-state index contributed by atoms with van der Waals surface area (Å²) in [6, 6.07) is 8.05. The van der Waals surface area contributed by atoms with Gasteiger partial charge in [-0.1, -0.05) is 13.0 Å². The van der Waals surface area contributed by atoms with Gasteiger partial charge in [0.1, 0.15) is 6.07 Å². The number of hydrogen-bond donors (Lipinski definition) is 1. The van der Waals surface area contributed by atoms with Crippen LogP contribution in [0.3, 0.4) is 0 Å². The molecule has 1 fully saturated rings. The zero-order chi connectivity index (χ0) is 13.7. The number of piperidine rings is 1. The molecule has 1 heterocycles. The smallest absolute Gasteiger partial charge is 0.103 e. The van der Waals surface area contributed by atoms with E-state index in [0.29, 0.717) is 5.56 Å². The summed E-state index contributed by atoms with van der Waals surface area (Å²) in [6.07, 6.45) is 2.61. The lowest BCUT2D eigenvalue weighted by Crippen LogP contribution is -2.36. The van der Waals surface area contributed by atoms with Crippen LogP contribution in [0.25, 0.3) is 0 Å². The highest BCUT2D eigenvalue weighted by Crippen LogP contribution is 2.23. The maximum atomic E-state index is 9.15. The first-order valence-corrected chi connectivity index (χ1v) is 7.65. The minimum atomic E-state index is 0.690. The lowest BCUT2D eigenvalue weighted by atomic mass is 9.99. The van der Waals surface area contributed by atoms with Crippen molar-refractivity contribution in [3.63, 3.8) is 0 Å². The molecule has 1 N–H and O–H groups in total. The zero-order valence-corrected chi connectivity index (χ0v) is 12.9. The molecule has 0 radical (unpaired) electrons. The van der Waals surface area contributed by atoms with Gasteiger partial charge in [-0.25, -0.2) is 0 Å². The number of rotatable bonds is 4. The monoisotopic (exact) mass is 321 g/mol. The zero-order valence-electron chi connectivity index (χ0n) is 11.3. The lowest BCUT2D eigenvalue weighted by molar-refractivity contribution is 0.199. The summed E-state index contributed by atoms with van der Waals surface area (Å²) in [5, 5.41) is 12.5. The van der Waals surface area contributed by atoms with E-state index in [2.05, 4.69) is 39.1 Å². The predicted molar refractivity (Wildman–Crippen MR) is 82.2 cm³/mol. The maximum absolute atomic E-state index is 9.15. The van der Waals surface area contributed by atoms with Crippen LogP contribution in [-0.4, -0.2) is 31.1 Å². The number of nitrogens with zero attached hydrogens (tertiary/aromatic N) is 2. The minimum Gasteiger partial charge on any atom is -0.383 e. The van der Waals surface area contributed by atoms with Gasteiger partial charge in [0.15, 0.2) is 0 Å². The molecular weight excluding hydrogens is 302 g/mol. The van der Waals surface area contributed by atoms with Crippen molar-refractivity contribution in [1.29, 1.82) is 5.26 Å². The maximum Gasteiger partial charge on any atom is 0.103 e. The summed E-state index contributed by atoms with van der Waals surface area (Å²) >= 11 is 3.41. The van der Waals surface area contributed by atoms with Crippen LogP contribution in [0.5, 0.6) is 0 Å². The first-order chi connectivity index (χ1) is 9.20. The first kappa shape index (κ1) is 14.4. The van der Waals surface area contributed by atoms with E-state index in [1.807, 2.05) is 18.2 Å². The largest absolute Gasteiger partial charge is 0.383 e. The number of benzene rings is 1. The number of hydrogen-bond acceptors (Lipinski definition) is 3. The van der Waals surface area contributed by atoms with Gasteiger partial charge < -0.3 is 10.2 Å². The number of anilines is 1. The quantitative estimate of drug-likeness (QED) is 0.923. The van der Waals surface area contributed by atoms with Crippen LogP contribution in [-0.2, 0) is 0 Å². The average Bonchev–Trinajstić information content (AvgIpc) is 2.41. The summed E-state index contributed by atoms with van der Waals surface area (Å²) in [7, 11) is 0. The van der Waals surface area contributed by atoms with Crippen molar-refractivity contribution in [3.8, 4) is 6.07 Å². The van der Waals surface area contributed by atoms with Crippen LogP contribution in [0.4, 0.5) is 5.69 Å². The summed E-state index contributed by atoms with van der Waals surface area (Å²) in [4.78, 5) is 2.50. The fourth-order valence-corrected chi connectivity index (χ4v) is 2.87. The molecule has 0 aliphatic carbocycles. The molecule has 4 heteroatoms. The van der Waals surface area contributed by atoms with E-state index in [0.717, 1.165) is 29.2 Å². The highest BCUT2D eigenvalue weighted by molar-refractivity contribution is 9.10. The molecule has 0 unspecified atom stereocenters. The predicted octanol–water partition coefficient (Wildman–Crippen LogP) is 3.46. The second-order valence-electron chi connectivity index (χ2n) is 5.23. The molecule has 0 amide bonds. The Bertz CT molecular complexity index is 459. The average molecular weight is 322 g/mol. The second kappa shape index (κ2) is 6.93. The number of likely N-dealkylation sites (tertiary alicyclic amines) is 1. The van der Waals surface area contributed by atoms with Crippen LogP contribution >= 0.6 is 15.9 Å². The molecule has 0 aromatic heterocycles. The molecule has 3 nitrogen and oxygen atoms in total. The van der Waals surface area contributed by atoms with E-state index in [9.17, 15) is 0 Å². The van der Waals surface area contributed by atoms with Crippen molar-refractivity contribution in [3.05, 3.63) is 28.2 Å². The normalized spacial score (nSPS) is 17.1. The van der Waals surface area contributed by atoms with Crippen molar-refractivity contribution in [1.82, 2.24) is 4.90 Å². The Labute approximate surface area is 123 Å². The summed E-state index contributed by atoms with van der Waals surface area (Å²) in [5.74, 6) is 0.875. The van der Waals surface area contributed by atoms with Gasteiger partial charge in [0.2, 0.25) is 0 Å². The Morgan fingerprint density at radius 1 is 1.42 bits per heavy atom. The molecule has 1 aliphatic rings. The summed E-state index contributed by atoms with van der Waals surface area (Å²) < 4.78 is 0.854. The standard InChI is InChI=1S/C15H20BrN3/c1-12-5-8-19(9-6-12)10-7-18-15-4-2-3-14(16)13(15)11-17/h2-4,12,18H,5-10H2,1H3. The van der Waals surface area contributed by atoms with E-state index in [4.69, 9.17) is 5.26 Å². The molecule has 102 valence electrons. The Kier molecular flexibility index (Phi) is 5.24. The Balaban J connectivity index is 1.83. The molecule has 0 bridgehead atoms. The van der Waals surface area contributed by atoms with Crippen LogP contribution in [0, 0.1) is 17.2 Å². The van der Waals surface area contributed by atoms with E-state index in [1.54, 1.807) is 0 Å². The Hall–Kier alpha value is -1.05. The third kappa shape index (κ3) is 3.95. The molecule has 0 atom stereocenters. The van der Waals surface area contributed by atoms with Gasteiger partial charge in [0.05, 0.1) is 11.3 Å². The van der Waals surface area contributed by atoms with Gasteiger partial charge in [-0.3, -0.25) is 0 Å². The topological polar surface area (TPSA) is 39.1 Å². The SMILES string of the molecule is CC1CCN(CCNc2cccc(Br)c2C#N)CC1. The van der Waals surface area contributed by atoms with E-state index >= 15 is 0 Å². The Morgan fingerprint density at radius 2 is 2.16 bits per heavy atom. The first-order valence-electron chi connectivity index (χ1n) is 6.85. The molecule has 1 aliphatic heterocycles. The molecule has 19 heavy (non-hydrogen) atoms. The van der Waals surface area contributed by atoms with Crippen LogP contribution in [0.15, 0.2) is 22.7 Å². The van der Waals surface area contributed by atoms with Crippen molar-refractivity contribution in [2.24, 2.45) is 5.92 Å². The molecule has 1 saturated heterocycles. The molecule has 1 aromatic rings. The van der Waals surface area contributed by atoms with Gasteiger partial charge in [-0.2, -0.15) is 5.26 Å². The van der Waals surface area contributed by atoms with Crippen molar-refractivity contribution in [2.45, 2.75) is 19.8 Å². The van der Waals surface area contributed by atoms with Crippen molar-refractivity contribution >= 4 is 21.6 Å². The molecule has 2 rings (SSSR count). The second-order valence-corrected chi connectivity index (χ2v) is 6.08. The molecule has 0 saturated carbocycles. The third-order valence-electron chi connectivity index (χ3n) is 3.75. The Morgan fingerprint density at radius 3 is 2.84 bits per heavy atom. The fraction of sp³-hybridized carbons (Fsp3) is 0.533.